The Balaban J connectivity index is 1.60. The van der Waals surface area contributed by atoms with Crippen LogP contribution >= 0.6 is 0 Å². The first-order valence-electron chi connectivity index (χ1n) is 13.0. The summed E-state index contributed by atoms with van der Waals surface area (Å²) in [4.78, 5) is 12.8. The number of carbonyl (C=O) groups is 1. The number of fused-ring (bicyclic) bond motifs is 1. The van der Waals surface area contributed by atoms with E-state index in [1.165, 1.54) is 77.0 Å². The predicted octanol–water partition coefficient (Wildman–Crippen LogP) is 8.54. The Morgan fingerprint density at radius 2 is 1.31 bits per heavy atom. The van der Waals surface area contributed by atoms with Crippen LogP contribution in [-0.2, 0) is 0 Å². The molecule has 0 aromatic heterocycles. The van der Waals surface area contributed by atoms with Crippen molar-refractivity contribution >= 4 is 16.7 Å². The first-order valence-corrected chi connectivity index (χ1v) is 13.0. The van der Waals surface area contributed by atoms with Crippen LogP contribution in [0, 0.1) is 0 Å². The van der Waals surface area contributed by atoms with Crippen molar-refractivity contribution in [2.75, 3.05) is 0 Å². The highest BCUT2D eigenvalue weighted by molar-refractivity contribution is 6.03. The summed E-state index contributed by atoms with van der Waals surface area (Å²) < 4.78 is 0. The number of hydrogen-bond acceptors (Lipinski definition) is 2. The van der Waals surface area contributed by atoms with Gasteiger partial charge in [-0.2, -0.15) is 0 Å². The molecule has 0 radical (unpaired) electrons. The maximum absolute atomic E-state index is 12.8. The van der Waals surface area contributed by atoms with E-state index in [0.717, 1.165) is 23.6 Å². The number of nitrogens with one attached hydrogen (secondary N) is 1. The molecule has 0 fully saturated rings. The summed E-state index contributed by atoms with van der Waals surface area (Å²) in [7, 11) is 0. The van der Waals surface area contributed by atoms with Gasteiger partial charge in [0.2, 0.25) is 0 Å². The van der Waals surface area contributed by atoms with Crippen LogP contribution in [0.1, 0.15) is 121 Å². The van der Waals surface area contributed by atoms with Gasteiger partial charge in [-0.05, 0) is 31.7 Å². The van der Waals surface area contributed by atoms with Crippen LogP contribution in [-0.4, -0.2) is 16.6 Å². The van der Waals surface area contributed by atoms with Gasteiger partial charge in [-0.25, -0.2) is 0 Å². The number of benzene rings is 2. The monoisotopic (exact) mass is 439 g/mol. The molecule has 2 aromatic rings. The maximum atomic E-state index is 12.8. The van der Waals surface area contributed by atoms with Crippen LogP contribution in [0.2, 0.25) is 0 Å². The lowest BCUT2D eigenvalue weighted by atomic mass is 9.95. The smallest absolute Gasteiger partial charge is 0.255 e. The molecule has 0 aliphatic rings. The van der Waals surface area contributed by atoms with E-state index in [9.17, 15) is 9.90 Å². The second-order valence-corrected chi connectivity index (χ2v) is 10.0. The fraction of sp³-hybridized carbons (Fsp3) is 0.621. The van der Waals surface area contributed by atoms with Gasteiger partial charge in [0.1, 0.15) is 5.75 Å². The number of carbonyl (C=O) groups excluding carboxylic acids is 1. The molecule has 2 rings (SSSR count). The van der Waals surface area contributed by atoms with Gasteiger partial charge >= 0.3 is 0 Å². The molecular formula is C29H45NO2. The molecule has 1 amide bonds. The third-order valence-corrected chi connectivity index (χ3v) is 6.50. The van der Waals surface area contributed by atoms with Crippen molar-refractivity contribution in [1.29, 1.82) is 0 Å². The molecule has 0 aliphatic heterocycles. The number of aromatic hydroxyl groups is 1. The van der Waals surface area contributed by atoms with Crippen molar-refractivity contribution in [3.63, 3.8) is 0 Å². The molecule has 32 heavy (non-hydrogen) atoms. The first kappa shape index (κ1) is 26.2. The fourth-order valence-electron chi connectivity index (χ4n) is 4.46. The molecule has 3 heteroatoms. The largest absolute Gasteiger partial charge is 0.506 e. The Bertz CT molecular complexity index is 812. The Hall–Kier alpha value is -2.03. The van der Waals surface area contributed by atoms with Crippen LogP contribution < -0.4 is 5.32 Å². The molecule has 0 aliphatic carbocycles. The molecule has 0 unspecified atom stereocenters. The summed E-state index contributed by atoms with van der Waals surface area (Å²) in [5.74, 6) is -0.134. The van der Waals surface area contributed by atoms with E-state index < -0.39 is 0 Å². The van der Waals surface area contributed by atoms with E-state index in [1.807, 2.05) is 30.3 Å². The van der Waals surface area contributed by atoms with Gasteiger partial charge in [-0.3, -0.25) is 4.79 Å². The van der Waals surface area contributed by atoms with E-state index >= 15 is 0 Å². The van der Waals surface area contributed by atoms with Crippen LogP contribution in [0.25, 0.3) is 10.8 Å². The third kappa shape index (κ3) is 9.22. The standard InChI is InChI=1S/C29H45NO2/c1-4-5-6-7-8-9-10-11-12-13-14-15-18-23-29(2,3)30-28(32)26-22-21-24-19-16-17-20-25(24)27(26)31/h16-17,19-22,31H,4-15,18,23H2,1-3H3,(H,30,32). The molecular weight excluding hydrogens is 394 g/mol. The lowest BCUT2D eigenvalue weighted by Crippen LogP contribution is -2.43. The van der Waals surface area contributed by atoms with Gasteiger partial charge < -0.3 is 10.4 Å². The Kier molecular flexibility index (Phi) is 11.6. The Morgan fingerprint density at radius 1 is 0.781 bits per heavy atom. The summed E-state index contributed by atoms with van der Waals surface area (Å²) in [6, 6.07) is 11.2. The summed E-state index contributed by atoms with van der Waals surface area (Å²) in [5.41, 5.74) is 0.0644. The quantitative estimate of drug-likeness (QED) is 0.257. The number of rotatable bonds is 16. The summed E-state index contributed by atoms with van der Waals surface area (Å²) in [6.45, 7) is 6.42. The molecule has 2 N–H and O–H groups in total. The lowest BCUT2D eigenvalue weighted by Gasteiger charge is -2.26. The molecule has 0 heterocycles. The van der Waals surface area contributed by atoms with Crippen molar-refractivity contribution in [3.8, 4) is 5.75 Å². The van der Waals surface area contributed by atoms with E-state index in [4.69, 9.17) is 0 Å². The van der Waals surface area contributed by atoms with Crippen molar-refractivity contribution in [2.45, 2.75) is 116 Å². The van der Waals surface area contributed by atoms with Gasteiger partial charge in [-0.1, -0.05) is 121 Å². The summed E-state index contributed by atoms with van der Waals surface area (Å²) >= 11 is 0. The van der Waals surface area contributed by atoms with Gasteiger partial charge in [0.15, 0.2) is 0 Å². The van der Waals surface area contributed by atoms with Crippen molar-refractivity contribution < 1.29 is 9.90 Å². The minimum atomic E-state index is -0.285. The summed E-state index contributed by atoms with van der Waals surface area (Å²) in [5, 5.41) is 15.3. The average molecular weight is 440 g/mol. The highest BCUT2D eigenvalue weighted by atomic mass is 16.3. The number of hydrogen-bond donors (Lipinski definition) is 2. The molecule has 3 nitrogen and oxygen atoms in total. The van der Waals surface area contributed by atoms with Gasteiger partial charge in [0, 0.05) is 10.9 Å². The molecule has 0 saturated carbocycles. The Morgan fingerprint density at radius 3 is 1.91 bits per heavy atom. The number of phenols is 1. The van der Waals surface area contributed by atoms with Crippen LogP contribution in [0.3, 0.4) is 0 Å². The van der Waals surface area contributed by atoms with Gasteiger partial charge in [0.25, 0.3) is 5.91 Å². The first-order chi connectivity index (χ1) is 15.4. The number of unbranched alkanes of at least 4 members (excludes halogenated alkanes) is 12. The predicted molar refractivity (Wildman–Crippen MR) is 137 cm³/mol. The van der Waals surface area contributed by atoms with Crippen molar-refractivity contribution in [1.82, 2.24) is 5.32 Å². The van der Waals surface area contributed by atoms with Crippen molar-refractivity contribution in [3.05, 3.63) is 42.0 Å². The third-order valence-electron chi connectivity index (χ3n) is 6.50. The molecule has 0 bridgehead atoms. The van der Waals surface area contributed by atoms with Gasteiger partial charge in [-0.15, -0.1) is 0 Å². The average Bonchev–Trinajstić information content (AvgIpc) is 2.77. The molecule has 2 aromatic carbocycles. The number of amides is 1. The normalized spacial score (nSPS) is 11.7. The topological polar surface area (TPSA) is 49.3 Å². The second kappa shape index (κ2) is 14.2. The van der Waals surface area contributed by atoms with E-state index in [2.05, 4.69) is 26.1 Å². The molecule has 178 valence electrons. The highest BCUT2D eigenvalue weighted by Crippen LogP contribution is 2.29. The second-order valence-electron chi connectivity index (χ2n) is 10.0. The molecule has 0 spiro atoms. The Labute approximate surface area is 196 Å². The molecule has 0 atom stereocenters. The van der Waals surface area contributed by atoms with Crippen molar-refractivity contribution in [2.24, 2.45) is 0 Å². The molecule has 0 saturated heterocycles. The maximum Gasteiger partial charge on any atom is 0.255 e. The minimum absolute atomic E-state index is 0.0670. The van der Waals surface area contributed by atoms with E-state index in [-0.39, 0.29) is 17.2 Å². The SMILES string of the molecule is CCCCCCCCCCCCCCCC(C)(C)NC(=O)c1ccc2ccccc2c1O. The zero-order valence-corrected chi connectivity index (χ0v) is 20.7. The van der Waals surface area contributed by atoms with E-state index in [0.29, 0.717) is 5.56 Å². The van der Waals surface area contributed by atoms with Gasteiger partial charge in [0.05, 0.1) is 5.56 Å². The zero-order chi connectivity index (χ0) is 23.2. The lowest BCUT2D eigenvalue weighted by molar-refractivity contribution is 0.0905. The highest BCUT2D eigenvalue weighted by Gasteiger charge is 2.23. The minimum Gasteiger partial charge on any atom is -0.506 e. The van der Waals surface area contributed by atoms with Crippen LogP contribution in [0.15, 0.2) is 36.4 Å². The van der Waals surface area contributed by atoms with Crippen LogP contribution in [0.5, 0.6) is 5.75 Å². The number of phenolic OH excluding ortho intramolecular Hbond substituents is 1. The zero-order valence-electron chi connectivity index (χ0n) is 20.7. The van der Waals surface area contributed by atoms with E-state index in [1.54, 1.807) is 6.07 Å². The summed E-state index contributed by atoms with van der Waals surface area (Å²) in [6.07, 6.45) is 18.4. The fourth-order valence-corrected chi connectivity index (χ4v) is 4.46. The van der Waals surface area contributed by atoms with Crippen LogP contribution in [0.4, 0.5) is 0 Å².